The number of carbonyl (C=O) groups is 2. The lowest BCUT2D eigenvalue weighted by Crippen LogP contribution is -2.45. The number of carbonyl (C=O) groups excluding carboxylic acids is 2. The summed E-state index contributed by atoms with van der Waals surface area (Å²) >= 11 is 0. The second-order valence-electron chi connectivity index (χ2n) is 30.6. The predicted molar refractivity (Wildman–Crippen MR) is 430 cm³/mol. The maximum absolute atomic E-state index is 12.6. The molecule has 0 radical (unpaired) electrons. The van der Waals surface area contributed by atoms with Crippen molar-refractivity contribution in [1.82, 2.24) is 5.32 Å². The topological polar surface area (TPSA) is 95.9 Å². The van der Waals surface area contributed by atoms with E-state index in [0.29, 0.717) is 19.4 Å². The van der Waals surface area contributed by atoms with Gasteiger partial charge in [-0.3, -0.25) is 9.59 Å². The monoisotopic (exact) mass is 1360 g/mol. The number of aliphatic hydroxyl groups is 2. The summed E-state index contributed by atoms with van der Waals surface area (Å²) in [6.45, 7) is 4.94. The standard InChI is InChI=1S/C91H173NO5/c1-3-5-7-9-11-13-15-17-19-21-22-23-24-40-43-46-49-52-55-59-63-67-71-75-79-83-89(94)88(87-93)92-90(95)84-80-76-72-68-64-60-56-53-50-47-44-41-38-36-34-32-30-28-26-25-27-29-31-33-35-37-39-42-45-48-51-54-58-62-66-70-74-78-82-86-97-91(96)85-81-77-73-69-65-61-57-20-18-16-14-12-10-8-6-4-2/h14,16,20,25-26,57,79,83,88-89,93-94H,3-13,15,17-19,21-24,27-56,58-78,80-82,84-87H2,1-2H3,(H,92,95)/b16-14-,26-25-,57-20-,83-79+. The van der Waals surface area contributed by atoms with E-state index in [1.54, 1.807) is 6.08 Å². The SMILES string of the molecule is CCCCCC/C=C\C/C=C\CCCCCCCC(=O)OCCCCCCCCCCCCCCCCCCCC/C=C\CCCCCCCCCCCCCCCCCCCC(=O)NC(CO)C(O)/C=C/CCCCCCCCCCCCCCCCCCCCCCCCC. The Balaban J connectivity index is 3.35. The van der Waals surface area contributed by atoms with E-state index >= 15 is 0 Å². The summed E-state index contributed by atoms with van der Waals surface area (Å²) in [5.74, 6) is -0.0487. The normalized spacial score (nSPS) is 12.7. The molecular formula is C91H173NO5. The summed E-state index contributed by atoms with van der Waals surface area (Å²) in [5.41, 5.74) is 0. The minimum Gasteiger partial charge on any atom is -0.466 e. The zero-order valence-corrected chi connectivity index (χ0v) is 65.8. The lowest BCUT2D eigenvalue weighted by molar-refractivity contribution is -0.143. The van der Waals surface area contributed by atoms with Crippen LogP contribution in [0.4, 0.5) is 0 Å². The molecule has 0 heterocycles. The third-order valence-corrected chi connectivity index (χ3v) is 20.8. The van der Waals surface area contributed by atoms with Crippen molar-refractivity contribution in [1.29, 1.82) is 0 Å². The van der Waals surface area contributed by atoms with Gasteiger partial charge in [0.1, 0.15) is 0 Å². The van der Waals surface area contributed by atoms with Crippen LogP contribution in [0.15, 0.2) is 48.6 Å². The van der Waals surface area contributed by atoms with Gasteiger partial charge in [0, 0.05) is 12.8 Å². The van der Waals surface area contributed by atoms with Crippen molar-refractivity contribution in [2.45, 2.75) is 508 Å². The van der Waals surface area contributed by atoms with Crippen molar-refractivity contribution >= 4 is 11.9 Å². The smallest absolute Gasteiger partial charge is 0.305 e. The first-order chi connectivity index (χ1) is 48.0. The average molecular weight is 1360 g/mol. The van der Waals surface area contributed by atoms with Gasteiger partial charge in [-0.1, -0.05) is 441 Å². The molecule has 0 aromatic carbocycles. The molecule has 2 unspecified atom stereocenters. The molecule has 0 aromatic heterocycles. The van der Waals surface area contributed by atoms with Gasteiger partial charge >= 0.3 is 5.97 Å². The Kier molecular flexibility index (Phi) is 84.3. The fourth-order valence-electron chi connectivity index (χ4n) is 14.1. The summed E-state index contributed by atoms with van der Waals surface area (Å²) in [6.07, 6.45) is 116. The molecule has 0 spiro atoms. The molecule has 2 atom stereocenters. The lowest BCUT2D eigenvalue weighted by Gasteiger charge is -2.20. The molecule has 0 aliphatic carbocycles. The van der Waals surface area contributed by atoms with Gasteiger partial charge in [-0.05, 0) is 89.9 Å². The van der Waals surface area contributed by atoms with Crippen molar-refractivity contribution in [3.05, 3.63) is 48.6 Å². The molecule has 6 nitrogen and oxygen atoms in total. The van der Waals surface area contributed by atoms with Gasteiger partial charge < -0.3 is 20.3 Å². The maximum Gasteiger partial charge on any atom is 0.305 e. The first kappa shape index (κ1) is 94.8. The Morgan fingerprint density at radius 3 is 0.804 bits per heavy atom. The molecule has 0 rings (SSSR count). The van der Waals surface area contributed by atoms with Crippen molar-refractivity contribution in [2.24, 2.45) is 0 Å². The van der Waals surface area contributed by atoms with Gasteiger partial charge in [0.05, 0.1) is 25.4 Å². The molecule has 6 heteroatoms. The third-order valence-electron chi connectivity index (χ3n) is 20.8. The van der Waals surface area contributed by atoms with Crippen LogP contribution in [-0.4, -0.2) is 47.4 Å². The number of aliphatic hydroxyl groups excluding tert-OH is 2. The van der Waals surface area contributed by atoms with Crippen LogP contribution in [0.2, 0.25) is 0 Å². The predicted octanol–water partition coefficient (Wildman–Crippen LogP) is 29.9. The summed E-state index contributed by atoms with van der Waals surface area (Å²) < 4.78 is 5.50. The zero-order valence-electron chi connectivity index (χ0n) is 65.8. The number of nitrogens with one attached hydrogen (secondary N) is 1. The number of ether oxygens (including phenoxy) is 1. The Morgan fingerprint density at radius 1 is 0.289 bits per heavy atom. The lowest BCUT2D eigenvalue weighted by atomic mass is 10.0. The Hall–Kier alpha value is -2.18. The van der Waals surface area contributed by atoms with E-state index < -0.39 is 12.1 Å². The van der Waals surface area contributed by atoms with Crippen LogP contribution in [0, 0.1) is 0 Å². The van der Waals surface area contributed by atoms with E-state index in [2.05, 4.69) is 55.6 Å². The second-order valence-corrected chi connectivity index (χ2v) is 30.6. The number of hydrogen-bond donors (Lipinski definition) is 3. The van der Waals surface area contributed by atoms with Gasteiger partial charge in [-0.25, -0.2) is 0 Å². The summed E-state index contributed by atoms with van der Waals surface area (Å²) in [5, 5.41) is 23.4. The first-order valence-electron chi connectivity index (χ1n) is 44.4. The Bertz CT molecular complexity index is 1620. The molecule has 0 aliphatic rings. The molecule has 3 N–H and O–H groups in total. The Labute approximate surface area is 607 Å². The van der Waals surface area contributed by atoms with E-state index in [4.69, 9.17) is 4.74 Å². The largest absolute Gasteiger partial charge is 0.466 e. The summed E-state index contributed by atoms with van der Waals surface area (Å²) in [4.78, 5) is 24.7. The molecule has 1 amide bonds. The minimum atomic E-state index is -0.844. The fourth-order valence-corrected chi connectivity index (χ4v) is 14.1. The fraction of sp³-hybridized carbons (Fsp3) is 0.890. The molecule has 0 aliphatic heterocycles. The van der Waals surface area contributed by atoms with E-state index in [1.807, 2.05) is 6.08 Å². The van der Waals surface area contributed by atoms with Crippen molar-refractivity contribution < 1.29 is 24.5 Å². The highest BCUT2D eigenvalue weighted by molar-refractivity contribution is 5.76. The molecule has 0 saturated heterocycles. The molecule has 0 saturated carbocycles. The quantitative estimate of drug-likeness (QED) is 0.0320. The summed E-state index contributed by atoms with van der Waals surface area (Å²) in [6, 6.07) is -0.627. The van der Waals surface area contributed by atoms with Crippen LogP contribution in [0.3, 0.4) is 0 Å². The average Bonchev–Trinajstić information content (AvgIpc) is 3.72. The number of rotatable bonds is 84. The van der Waals surface area contributed by atoms with Crippen molar-refractivity contribution in [2.75, 3.05) is 13.2 Å². The van der Waals surface area contributed by atoms with Gasteiger partial charge in [0.15, 0.2) is 0 Å². The number of esters is 1. The number of amides is 1. The molecule has 0 bridgehead atoms. The highest BCUT2D eigenvalue weighted by Crippen LogP contribution is 2.21. The van der Waals surface area contributed by atoms with E-state index in [9.17, 15) is 19.8 Å². The van der Waals surface area contributed by atoms with Gasteiger partial charge in [-0.2, -0.15) is 0 Å². The third kappa shape index (κ3) is 82.7. The van der Waals surface area contributed by atoms with Crippen LogP contribution in [-0.2, 0) is 14.3 Å². The molecule has 0 aromatic rings. The zero-order chi connectivity index (χ0) is 69.8. The molecule has 97 heavy (non-hydrogen) atoms. The Morgan fingerprint density at radius 2 is 0.515 bits per heavy atom. The van der Waals surface area contributed by atoms with E-state index in [0.717, 1.165) is 51.4 Å². The van der Waals surface area contributed by atoms with E-state index in [-0.39, 0.29) is 18.5 Å². The highest BCUT2D eigenvalue weighted by Gasteiger charge is 2.18. The van der Waals surface area contributed by atoms with Crippen LogP contribution < -0.4 is 5.32 Å². The van der Waals surface area contributed by atoms with Gasteiger partial charge in [-0.15, -0.1) is 0 Å². The van der Waals surface area contributed by atoms with Crippen LogP contribution in [0.25, 0.3) is 0 Å². The van der Waals surface area contributed by atoms with Gasteiger partial charge in [0.2, 0.25) is 5.91 Å². The molecule has 572 valence electrons. The molecule has 0 fully saturated rings. The van der Waals surface area contributed by atoms with Crippen LogP contribution in [0.1, 0.15) is 495 Å². The number of unbranched alkanes of at least 4 members (excludes halogenated alkanes) is 67. The number of allylic oxidation sites excluding steroid dienone is 7. The first-order valence-corrected chi connectivity index (χ1v) is 44.4. The second kappa shape index (κ2) is 86.2. The maximum atomic E-state index is 12.6. The van der Waals surface area contributed by atoms with Crippen molar-refractivity contribution in [3.63, 3.8) is 0 Å². The minimum absolute atomic E-state index is 0.00947. The van der Waals surface area contributed by atoms with Crippen LogP contribution in [0.5, 0.6) is 0 Å². The summed E-state index contributed by atoms with van der Waals surface area (Å²) in [7, 11) is 0. The van der Waals surface area contributed by atoms with Crippen LogP contribution >= 0.6 is 0 Å². The molecular weight excluding hydrogens is 1190 g/mol. The van der Waals surface area contributed by atoms with E-state index in [1.165, 1.54) is 417 Å². The highest BCUT2D eigenvalue weighted by atomic mass is 16.5. The van der Waals surface area contributed by atoms with Crippen molar-refractivity contribution in [3.8, 4) is 0 Å². The number of hydrogen-bond acceptors (Lipinski definition) is 5. The van der Waals surface area contributed by atoms with Gasteiger partial charge in [0.25, 0.3) is 0 Å².